The highest BCUT2D eigenvalue weighted by Crippen LogP contribution is 2.21. The molecule has 2 nitrogen and oxygen atoms in total. The van der Waals surface area contributed by atoms with E-state index in [4.69, 9.17) is 0 Å². The van der Waals surface area contributed by atoms with Gasteiger partial charge in [-0.3, -0.25) is 0 Å². The van der Waals surface area contributed by atoms with Gasteiger partial charge in [-0.05, 0) is 18.2 Å². The zero-order chi connectivity index (χ0) is 10.8. The Hall–Kier alpha value is -0.740. The van der Waals surface area contributed by atoms with Gasteiger partial charge in [0, 0.05) is 16.8 Å². The van der Waals surface area contributed by atoms with Gasteiger partial charge in [-0.2, -0.15) is 12.6 Å². The number of aromatic nitrogens is 2. The molecule has 1 heterocycles. The van der Waals surface area contributed by atoms with Crippen molar-refractivity contribution in [2.75, 3.05) is 0 Å². The molecule has 0 atom stereocenters. The molecule has 2 aromatic rings. The highest BCUT2D eigenvalue weighted by atomic mass is 79.9. The number of hydrogen-bond donors (Lipinski definition) is 1. The first-order valence-electron chi connectivity index (χ1n) is 4.62. The predicted octanol–water partition coefficient (Wildman–Crippen LogP) is 3.41. The van der Waals surface area contributed by atoms with E-state index in [2.05, 4.69) is 50.8 Å². The van der Waals surface area contributed by atoms with E-state index in [9.17, 15) is 0 Å². The van der Waals surface area contributed by atoms with Crippen LogP contribution in [0, 0.1) is 0 Å². The number of imidazole rings is 1. The van der Waals surface area contributed by atoms with Crippen LogP contribution < -0.4 is 0 Å². The van der Waals surface area contributed by atoms with Crippen molar-refractivity contribution in [1.82, 2.24) is 9.55 Å². The number of thiol groups is 1. The van der Waals surface area contributed by atoms with Crippen molar-refractivity contribution in [3.8, 4) is 0 Å². The molecule has 0 aliphatic carbocycles. The quantitative estimate of drug-likeness (QED) is 0.675. The van der Waals surface area contributed by atoms with Crippen molar-refractivity contribution in [3.05, 3.63) is 41.2 Å². The van der Waals surface area contributed by atoms with Crippen LogP contribution in [0.1, 0.15) is 5.82 Å². The van der Waals surface area contributed by atoms with Crippen molar-refractivity contribution < 1.29 is 0 Å². The Labute approximate surface area is 103 Å². The average Bonchev–Trinajstić information content (AvgIpc) is 2.56. The summed E-state index contributed by atoms with van der Waals surface area (Å²) >= 11 is 7.72. The Bertz CT molecular complexity index is 505. The van der Waals surface area contributed by atoms with E-state index in [-0.39, 0.29) is 0 Å². The van der Waals surface area contributed by atoms with Crippen molar-refractivity contribution in [1.29, 1.82) is 0 Å². The Kier molecular flexibility index (Phi) is 3.17. The van der Waals surface area contributed by atoms with Crippen LogP contribution in [-0.4, -0.2) is 9.55 Å². The lowest BCUT2D eigenvalue weighted by Gasteiger charge is -2.03. The number of benzene rings is 1. The summed E-state index contributed by atoms with van der Waals surface area (Å²) in [6.07, 6.45) is 1.87. The fraction of sp³-hybridized carbons (Fsp3) is 0.182. The van der Waals surface area contributed by atoms with Crippen molar-refractivity contribution in [2.45, 2.75) is 12.3 Å². The maximum absolute atomic E-state index is 4.52. The molecule has 0 N–H and O–H groups in total. The van der Waals surface area contributed by atoms with Crippen LogP contribution >= 0.6 is 28.6 Å². The van der Waals surface area contributed by atoms with Crippen LogP contribution in [0.15, 0.2) is 35.3 Å². The molecule has 0 saturated heterocycles. The first kappa shape index (κ1) is 10.8. The van der Waals surface area contributed by atoms with Gasteiger partial charge < -0.3 is 4.57 Å². The van der Waals surface area contributed by atoms with Crippen molar-refractivity contribution in [3.63, 3.8) is 0 Å². The summed E-state index contributed by atoms with van der Waals surface area (Å²) in [6, 6.07) is 6.09. The third-order valence-corrected chi connectivity index (χ3v) is 3.02. The predicted molar refractivity (Wildman–Crippen MR) is 70.3 cm³/mol. The summed E-state index contributed by atoms with van der Waals surface area (Å²) in [6.45, 7) is 4.52. The zero-order valence-corrected chi connectivity index (χ0v) is 10.6. The van der Waals surface area contributed by atoms with E-state index < -0.39 is 0 Å². The number of hydrogen-bond acceptors (Lipinski definition) is 2. The molecule has 2 rings (SSSR count). The van der Waals surface area contributed by atoms with E-state index in [1.807, 2.05) is 18.2 Å². The first-order chi connectivity index (χ1) is 7.26. The number of nitrogens with zero attached hydrogens (tertiary/aromatic N) is 2. The summed E-state index contributed by atoms with van der Waals surface area (Å²) in [5.74, 6) is 1.62. The van der Waals surface area contributed by atoms with Crippen LogP contribution in [0.25, 0.3) is 11.0 Å². The van der Waals surface area contributed by atoms with Crippen LogP contribution in [0.4, 0.5) is 0 Å². The average molecular weight is 283 g/mol. The minimum atomic E-state index is 0.639. The van der Waals surface area contributed by atoms with Gasteiger partial charge in [0.25, 0.3) is 0 Å². The van der Waals surface area contributed by atoms with E-state index in [1.54, 1.807) is 0 Å². The monoisotopic (exact) mass is 282 g/mol. The van der Waals surface area contributed by atoms with Gasteiger partial charge in [0.05, 0.1) is 11.0 Å². The lowest BCUT2D eigenvalue weighted by atomic mass is 10.3. The van der Waals surface area contributed by atoms with Crippen LogP contribution in [0.5, 0.6) is 0 Å². The van der Waals surface area contributed by atoms with Gasteiger partial charge in [0.15, 0.2) is 0 Å². The highest BCUT2D eigenvalue weighted by molar-refractivity contribution is 9.10. The van der Waals surface area contributed by atoms with Crippen LogP contribution in [-0.2, 0) is 12.3 Å². The molecule has 78 valence electrons. The molecule has 15 heavy (non-hydrogen) atoms. The van der Waals surface area contributed by atoms with Gasteiger partial charge in [0.1, 0.15) is 5.82 Å². The van der Waals surface area contributed by atoms with Gasteiger partial charge in [-0.15, -0.1) is 6.58 Å². The molecule has 0 aliphatic heterocycles. The Morgan fingerprint density at radius 1 is 1.53 bits per heavy atom. The van der Waals surface area contributed by atoms with E-state index in [0.29, 0.717) is 5.75 Å². The molecule has 0 bridgehead atoms. The van der Waals surface area contributed by atoms with Crippen LogP contribution in [0.2, 0.25) is 0 Å². The summed E-state index contributed by atoms with van der Waals surface area (Å²) in [5.41, 5.74) is 2.12. The minimum absolute atomic E-state index is 0.639. The number of fused-ring (bicyclic) bond motifs is 1. The van der Waals surface area contributed by atoms with Gasteiger partial charge >= 0.3 is 0 Å². The second kappa shape index (κ2) is 4.41. The van der Waals surface area contributed by atoms with Gasteiger partial charge in [-0.25, -0.2) is 4.98 Å². The molecule has 1 aromatic heterocycles. The van der Waals surface area contributed by atoms with Gasteiger partial charge in [-0.1, -0.05) is 22.0 Å². The maximum Gasteiger partial charge on any atom is 0.119 e. The molecule has 0 fully saturated rings. The molecule has 0 unspecified atom stereocenters. The van der Waals surface area contributed by atoms with Gasteiger partial charge in [0.2, 0.25) is 0 Å². The fourth-order valence-corrected chi connectivity index (χ4v) is 2.20. The van der Waals surface area contributed by atoms with Crippen LogP contribution in [0.3, 0.4) is 0 Å². The smallest absolute Gasteiger partial charge is 0.119 e. The summed E-state index contributed by atoms with van der Waals surface area (Å²) in [5, 5.41) is 0. The zero-order valence-electron chi connectivity index (χ0n) is 8.15. The largest absolute Gasteiger partial charge is 0.323 e. The normalized spacial score (nSPS) is 10.8. The Balaban J connectivity index is 2.68. The lowest BCUT2D eigenvalue weighted by molar-refractivity contribution is 0.802. The fourth-order valence-electron chi connectivity index (χ4n) is 1.61. The second-order valence-electron chi connectivity index (χ2n) is 3.22. The molecule has 0 saturated carbocycles. The molecule has 0 amide bonds. The molecule has 4 heteroatoms. The SMILES string of the molecule is C=CCn1c(CS)nc2cc(Br)ccc21. The standard InChI is InChI=1S/C11H11BrN2S/c1-2-5-14-10-4-3-8(12)6-9(10)13-11(14)7-15/h2-4,6,15H,1,5,7H2. The first-order valence-corrected chi connectivity index (χ1v) is 6.05. The molecular formula is C11H11BrN2S. The molecule has 0 spiro atoms. The third kappa shape index (κ3) is 1.96. The Morgan fingerprint density at radius 2 is 2.33 bits per heavy atom. The molecule has 1 aromatic carbocycles. The second-order valence-corrected chi connectivity index (χ2v) is 4.45. The molecular weight excluding hydrogens is 272 g/mol. The van der Waals surface area contributed by atoms with E-state index in [1.165, 1.54) is 0 Å². The summed E-state index contributed by atoms with van der Waals surface area (Å²) in [7, 11) is 0. The van der Waals surface area contributed by atoms with Crippen molar-refractivity contribution >= 4 is 39.6 Å². The number of rotatable bonds is 3. The molecule has 0 aliphatic rings. The van der Waals surface area contributed by atoms with E-state index >= 15 is 0 Å². The molecule has 0 radical (unpaired) electrons. The minimum Gasteiger partial charge on any atom is -0.323 e. The lowest BCUT2D eigenvalue weighted by Crippen LogP contribution is -1.99. The van der Waals surface area contributed by atoms with E-state index in [0.717, 1.165) is 27.9 Å². The number of halogens is 1. The summed E-state index contributed by atoms with van der Waals surface area (Å²) in [4.78, 5) is 4.52. The Morgan fingerprint density at radius 3 is 3.00 bits per heavy atom. The topological polar surface area (TPSA) is 17.8 Å². The highest BCUT2D eigenvalue weighted by Gasteiger charge is 2.08. The summed E-state index contributed by atoms with van der Waals surface area (Å²) < 4.78 is 3.17. The number of allylic oxidation sites excluding steroid dienone is 1. The maximum atomic E-state index is 4.52. The van der Waals surface area contributed by atoms with Crippen molar-refractivity contribution in [2.24, 2.45) is 0 Å². The third-order valence-electron chi connectivity index (χ3n) is 2.24.